The first kappa shape index (κ1) is 29.9. The van der Waals surface area contributed by atoms with Crippen LogP contribution in [0.1, 0.15) is 32.6 Å². The van der Waals surface area contributed by atoms with Gasteiger partial charge in [0.1, 0.15) is 0 Å². The molecule has 0 aromatic carbocycles. The van der Waals surface area contributed by atoms with Crippen molar-refractivity contribution in [2.24, 2.45) is 33.0 Å². The third kappa shape index (κ3) is 3.23. The maximum atomic E-state index is 12.1. The zero-order valence-electron chi connectivity index (χ0n) is 18.7. The van der Waals surface area contributed by atoms with Crippen molar-refractivity contribution in [3.05, 3.63) is 0 Å². The van der Waals surface area contributed by atoms with Gasteiger partial charge in [-0.05, 0) is 6.42 Å². The largest absolute Gasteiger partial charge is 0.479 e. The van der Waals surface area contributed by atoms with Crippen LogP contribution in [0.5, 0.6) is 0 Å². The first-order valence-corrected chi connectivity index (χ1v) is 9.83. The van der Waals surface area contributed by atoms with E-state index in [4.69, 9.17) is 0 Å². The highest BCUT2D eigenvalue weighted by Gasteiger charge is 2.83. The van der Waals surface area contributed by atoms with Crippen LogP contribution in [0.3, 0.4) is 0 Å². The highest BCUT2D eigenvalue weighted by Crippen LogP contribution is 2.65. The summed E-state index contributed by atoms with van der Waals surface area (Å²) in [5, 5.41) is 119. The van der Waals surface area contributed by atoms with Gasteiger partial charge in [-0.15, -0.1) is 0 Å². The zero-order valence-corrected chi connectivity index (χ0v) is 18.7. The maximum Gasteiger partial charge on any atom is 0.341 e. The molecule has 0 aliphatic rings. The smallest absolute Gasteiger partial charge is 0.341 e. The first-order valence-electron chi connectivity index (χ1n) is 9.83. The molecule has 0 aromatic rings. The second-order valence-corrected chi connectivity index (χ2v) is 7.41. The molecule has 0 aromatic heterocycles. The van der Waals surface area contributed by atoms with Crippen molar-refractivity contribution >= 4 is 5.97 Å². The van der Waals surface area contributed by atoms with Gasteiger partial charge in [0.15, 0.2) is 5.41 Å². The van der Waals surface area contributed by atoms with Crippen LogP contribution in [0.15, 0.2) is 0 Å². The molecule has 0 fully saturated rings. The van der Waals surface area contributed by atoms with Crippen molar-refractivity contribution in [3.63, 3.8) is 0 Å². The average Bonchev–Trinajstić information content (AvgIpc) is 2.91. The molecular formula is C23H13N11O2. The summed E-state index contributed by atoms with van der Waals surface area (Å²) in [6.07, 6.45) is 0.931. The first-order chi connectivity index (χ1) is 17.1. The van der Waals surface area contributed by atoms with Gasteiger partial charge in [-0.2, -0.15) is 57.9 Å². The Balaban J connectivity index is 8.49. The Kier molecular flexibility index (Phi) is 9.23. The predicted octanol–water partition coefficient (Wildman–Crippen LogP) is 1.96. The van der Waals surface area contributed by atoms with E-state index in [1.165, 1.54) is 24.3 Å². The lowest BCUT2D eigenvalue weighted by atomic mass is 9.39. The monoisotopic (exact) mass is 475 g/mol. The fourth-order valence-electron chi connectivity index (χ4n) is 3.98. The van der Waals surface area contributed by atoms with Crippen LogP contribution in [0.2, 0.25) is 0 Å². The van der Waals surface area contributed by atoms with Crippen LogP contribution in [0.4, 0.5) is 0 Å². The number of carboxylic acid groups (broad SMARTS) is 1. The standard InChI is InChI=1S/C23H13N11O2/c1-2-3-4-5-17(6-24)19(7-25,8-26)21(11-29,12-30)23(15-33,16-34)22(13-31,14-32)20(9-27,10-28)18(35)36/h17H,2-5H2,1H3,(H,35,36). The number of unbranched alkanes of at least 4 members (excludes halogenated alkanes) is 2. The number of nitriles is 11. The van der Waals surface area contributed by atoms with E-state index in [1.807, 2.05) is 0 Å². The summed E-state index contributed by atoms with van der Waals surface area (Å²) in [5.41, 5.74) is -18.6. The van der Waals surface area contributed by atoms with Crippen LogP contribution in [-0.2, 0) is 4.79 Å². The third-order valence-electron chi connectivity index (χ3n) is 6.07. The molecule has 0 saturated carbocycles. The number of aliphatic carboxylic acids is 1. The van der Waals surface area contributed by atoms with Crippen LogP contribution in [0.25, 0.3) is 0 Å². The number of hydrogen-bond acceptors (Lipinski definition) is 12. The van der Waals surface area contributed by atoms with Crippen molar-refractivity contribution in [1.82, 2.24) is 0 Å². The van der Waals surface area contributed by atoms with E-state index in [1.54, 1.807) is 13.0 Å². The highest BCUT2D eigenvalue weighted by atomic mass is 16.4. The Morgan fingerprint density at radius 2 is 1.06 bits per heavy atom. The minimum Gasteiger partial charge on any atom is -0.479 e. The zero-order chi connectivity index (χ0) is 28.3. The summed E-state index contributed by atoms with van der Waals surface area (Å²) in [6.45, 7) is 1.78. The van der Waals surface area contributed by atoms with Gasteiger partial charge < -0.3 is 5.11 Å². The summed E-state index contributed by atoms with van der Waals surface area (Å²) in [4.78, 5) is 12.1. The van der Waals surface area contributed by atoms with Gasteiger partial charge in [0.2, 0.25) is 16.2 Å². The van der Waals surface area contributed by atoms with E-state index >= 15 is 0 Å². The van der Waals surface area contributed by atoms with Gasteiger partial charge in [0.25, 0.3) is 5.41 Å². The predicted molar refractivity (Wildman–Crippen MR) is 109 cm³/mol. The summed E-state index contributed by atoms with van der Waals surface area (Å²) >= 11 is 0. The summed E-state index contributed by atoms with van der Waals surface area (Å²) in [5.74, 6) is -4.34. The Morgan fingerprint density at radius 3 is 1.31 bits per heavy atom. The van der Waals surface area contributed by atoms with Gasteiger partial charge in [0.05, 0.1) is 72.7 Å². The van der Waals surface area contributed by atoms with Crippen molar-refractivity contribution in [2.75, 3.05) is 0 Å². The number of nitrogens with zero attached hydrogens (tertiary/aromatic N) is 11. The van der Waals surface area contributed by atoms with Crippen LogP contribution in [-0.4, -0.2) is 11.1 Å². The van der Waals surface area contributed by atoms with E-state index in [0.29, 0.717) is 12.8 Å². The molecule has 1 unspecified atom stereocenters. The SMILES string of the molecule is CCCCCC(C#N)C(C#N)(C#N)C(C#N)(C#N)C(C#N)(C#N)C(C#N)(C#N)C(C#N)(C#N)C(=O)O. The highest BCUT2D eigenvalue weighted by molar-refractivity contribution is 5.85. The quantitative estimate of drug-likeness (QED) is 0.442. The van der Waals surface area contributed by atoms with Gasteiger partial charge in [0, 0.05) is 0 Å². The van der Waals surface area contributed by atoms with Crippen molar-refractivity contribution in [2.45, 2.75) is 32.6 Å². The molecule has 0 aliphatic heterocycles. The van der Waals surface area contributed by atoms with E-state index < -0.39 is 39.0 Å². The lowest BCUT2D eigenvalue weighted by Crippen LogP contribution is -2.64. The van der Waals surface area contributed by atoms with Crippen LogP contribution in [0, 0.1) is 158 Å². The number of rotatable bonds is 10. The van der Waals surface area contributed by atoms with Crippen LogP contribution >= 0.6 is 0 Å². The Morgan fingerprint density at radius 1 is 0.639 bits per heavy atom. The fourth-order valence-corrected chi connectivity index (χ4v) is 3.98. The summed E-state index contributed by atoms with van der Waals surface area (Å²) in [7, 11) is 0. The topological polar surface area (TPSA) is 299 Å². The Hall–Kier alpha value is -6.14. The lowest BCUT2D eigenvalue weighted by Gasteiger charge is -2.46. The van der Waals surface area contributed by atoms with E-state index in [-0.39, 0.29) is 12.8 Å². The summed E-state index contributed by atoms with van der Waals surface area (Å²) < 4.78 is 0. The van der Waals surface area contributed by atoms with Gasteiger partial charge in [-0.3, -0.25) is 0 Å². The molecular weight excluding hydrogens is 462 g/mol. The van der Waals surface area contributed by atoms with Crippen molar-refractivity contribution < 1.29 is 9.90 Å². The normalized spacial score (nSPS) is 11.7. The lowest BCUT2D eigenvalue weighted by molar-refractivity contribution is -0.148. The molecule has 0 aliphatic carbocycles. The molecule has 0 spiro atoms. The van der Waals surface area contributed by atoms with Crippen molar-refractivity contribution in [3.8, 4) is 66.8 Å². The molecule has 13 heteroatoms. The second-order valence-electron chi connectivity index (χ2n) is 7.41. The number of hydrogen-bond donors (Lipinski definition) is 1. The van der Waals surface area contributed by atoms with Crippen molar-refractivity contribution in [1.29, 1.82) is 57.9 Å². The average molecular weight is 475 g/mol. The second kappa shape index (κ2) is 11.1. The van der Waals surface area contributed by atoms with E-state index in [0.717, 1.165) is 36.4 Å². The molecule has 0 rings (SSSR count). The molecule has 0 radical (unpaired) electrons. The van der Waals surface area contributed by atoms with Crippen LogP contribution < -0.4 is 0 Å². The number of carboxylic acids is 1. The maximum absolute atomic E-state index is 12.1. The molecule has 0 amide bonds. The molecule has 172 valence electrons. The van der Waals surface area contributed by atoms with Gasteiger partial charge in [-0.1, -0.05) is 26.2 Å². The van der Waals surface area contributed by atoms with Gasteiger partial charge >= 0.3 is 5.97 Å². The Labute approximate surface area is 206 Å². The molecule has 13 nitrogen and oxygen atoms in total. The third-order valence-corrected chi connectivity index (χ3v) is 6.07. The molecule has 1 atom stereocenters. The minimum absolute atomic E-state index is 0.177. The number of carbonyl (C=O) groups is 1. The molecule has 1 N–H and O–H groups in total. The molecule has 0 heterocycles. The molecule has 0 saturated heterocycles. The van der Waals surface area contributed by atoms with E-state index in [2.05, 4.69) is 0 Å². The van der Waals surface area contributed by atoms with E-state index in [9.17, 15) is 67.8 Å². The van der Waals surface area contributed by atoms with Gasteiger partial charge in [-0.25, -0.2) is 4.79 Å². The Bertz CT molecular complexity index is 1330. The fraction of sp³-hybridized carbons (Fsp3) is 0.478. The molecule has 36 heavy (non-hydrogen) atoms. The summed E-state index contributed by atoms with van der Waals surface area (Å²) in [6, 6.07) is 12.6. The molecule has 0 bridgehead atoms. The minimum atomic E-state index is -3.94.